The van der Waals surface area contributed by atoms with Crippen molar-refractivity contribution >= 4 is 40.6 Å². The van der Waals surface area contributed by atoms with Crippen LogP contribution < -0.4 is 5.32 Å². The van der Waals surface area contributed by atoms with Crippen molar-refractivity contribution in [1.82, 2.24) is 19.9 Å². The minimum absolute atomic E-state index is 0.00397. The summed E-state index contributed by atoms with van der Waals surface area (Å²) in [6.45, 7) is 5.75. The molecule has 4 aromatic rings. The van der Waals surface area contributed by atoms with Crippen LogP contribution in [0.15, 0.2) is 72.0 Å². The number of pyridine rings is 1. The molecule has 5 nitrogen and oxygen atoms in total. The van der Waals surface area contributed by atoms with Gasteiger partial charge in [0, 0.05) is 24.1 Å². The first kappa shape index (κ1) is 25.3. The molecule has 2 aromatic carbocycles. The molecule has 0 aliphatic rings. The van der Waals surface area contributed by atoms with Crippen molar-refractivity contribution in [3.05, 3.63) is 89.1 Å². The molecule has 0 radical (unpaired) electrons. The lowest BCUT2D eigenvalue weighted by molar-refractivity contribution is 0.0954. The van der Waals surface area contributed by atoms with Gasteiger partial charge in [-0.1, -0.05) is 60.6 Å². The molecular weight excluding hydrogens is 472 g/mol. The summed E-state index contributed by atoms with van der Waals surface area (Å²) in [7, 11) is 0. The van der Waals surface area contributed by atoms with Crippen molar-refractivity contribution in [1.29, 1.82) is 0 Å². The first-order chi connectivity index (χ1) is 17.1. The van der Waals surface area contributed by atoms with Crippen LogP contribution in [0, 0.1) is 6.92 Å². The highest BCUT2D eigenvalue weighted by molar-refractivity contribution is 7.99. The number of imidazole rings is 1. The highest BCUT2D eigenvalue weighted by Crippen LogP contribution is 2.27. The van der Waals surface area contributed by atoms with E-state index >= 15 is 0 Å². The number of carbonyl (C=O) groups is 1. The monoisotopic (exact) mass is 504 g/mol. The molecule has 0 aliphatic carbocycles. The molecule has 35 heavy (non-hydrogen) atoms. The van der Waals surface area contributed by atoms with Crippen LogP contribution >= 0.6 is 23.5 Å². The van der Waals surface area contributed by atoms with Crippen molar-refractivity contribution in [2.24, 2.45) is 0 Å². The molecular formula is C28H32N4OS2. The molecule has 7 heteroatoms. The maximum atomic E-state index is 12.4. The Kier molecular flexibility index (Phi) is 9.26. The standard InChI is InChI=1S/C28H32N4OS2/c1-3-16-34-17-6-15-30-27(33)24-12-10-22(11-13-24)20-35-28-31-25-9-5-14-29-26(25)32(28)19-23-8-4-7-21(2)18-23/h4-5,7-14,18H,3,6,15-17,19-20H2,1-2H3,(H,30,33). The number of aryl methyl sites for hydroxylation is 1. The molecule has 0 bridgehead atoms. The van der Waals surface area contributed by atoms with Crippen LogP contribution in [-0.4, -0.2) is 38.5 Å². The van der Waals surface area contributed by atoms with Gasteiger partial charge in [0.15, 0.2) is 10.8 Å². The average Bonchev–Trinajstić information content (AvgIpc) is 3.22. The van der Waals surface area contributed by atoms with E-state index in [0.717, 1.165) is 52.9 Å². The number of benzene rings is 2. The number of nitrogens with zero attached hydrogens (tertiary/aromatic N) is 3. The van der Waals surface area contributed by atoms with Gasteiger partial charge in [0.05, 0.1) is 6.54 Å². The highest BCUT2D eigenvalue weighted by Gasteiger charge is 2.13. The molecule has 4 rings (SSSR count). The number of fused-ring (bicyclic) bond motifs is 1. The van der Waals surface area contributed by atoms with Gasteiger partial charge in [-0.05, 0) is 66.7 Å². The third-order valence-corrected chi connectivity index (χ3v) is 7.90. The van der Waals surface area contributed by atoms with Crippen molar-refractivity contribution in [2.45, 2.75) is 44.1 Å². The van der Waals surface area contributed by atoms with Gasteiger partial charge in [0.25, 0.3) is 5.91 Å². The fraction of sp³-hybridized carbons (Fsp3) is 0.321. The van der Waals surface area contributed by atoms with E-state index in [4.69, 9.17) is 4.98 Å². The zero-order chi connectivity index (χ0) is 24.5. The van der Waals surface area contributed by atoms with E-state index in [1.54, 1.807) is 11.8 Å². The molecule has 0 aliphatic heterocycles. The summed E-state index contributed by atoms with van der Waals surface area (Å²) < 4.78 is 2.19. The Bertz CT molecular complexity index is 1250. The number of carbonyl (C=O) groups excluding carboxylic acids is 1. The third kappa shape index (κ3) is 7.12. The fourth-order valence-electron chi connectivity index (χ4n) is 3.81. The van der Waals surface area contributed by atoms with Gasteiger partial charge in [-0.2, -0.15) is 11.8 Å². The van der Waals surface area contributed by atoms with Crippen LogP contribution in [0.5, 0.6) is 0 Å². The van der Waals surface area contributed by atoms with E-state index < -0.39 is 0 Å². The van der Waals surface area contributed by atoms with E-state index in [1.165, 1.54) is 23.3 Å². The maximum Gasteiger partial charge on any atom is 0.251 e. The summed E-state index contributed by atoms with van der Waals surface area (Å²) >= 11 is 3.64. The summed E-state index contributed by atoms with van der Waals surface area (Å²) in [4.78, 5) is 21.9. The molecule has 0 saturated carbocycles. The number of rotatable bonds is 12. The molecule has 2 aromatic heterocycles. The fourth-order valence-corrected chi connectivity index (χ4v) is 5.61. The molecule has 0 spiro atoms. The van der Waals surface area contributed by atoms with Crippen LogP contribution in [0.1, 0.15) is 46.8 Å². The second-order valence-electron chi connectivity index (χ2n) is 8.52. The Balaban J connectivity index is 1.38. The number of hydrogen-bond donors (Lipinski definition) is 1. The minimum Gasteiger partial charge on any atom is -0.352 e. The molecule has 182 valence electrons. The Morgan fingerprint density at radius 2 is 1.89 bits per heavy atom. The topological polar surface area (TPSA) is 59.8 Å². The molecule has 1 amide bonds. The highest BCUT2D eigenvalue weighted by atomic mass is 32.2. The first-order valence-corrected chi connectivity index (χ1v) is 14.2. The summed E-state index contributed by atoms with van der Waals surface area (Å²) in [5.74, 6) is 3.05. The van der Waals surface area contributed by atoms with Crippen molar-refractivity contribution in [3.8, 4) is 0 Å². The quantitative estimate of drug-likeness (QED) is 0.180. The minimum atomic E-state index is -0.00397. The van der Waals surface area contributed by atoms with Gasteiger partial charge in [0.2, 0.25) is 0 Å². The largest absolute Gasteiger partial charge is 0.352 e. The van der Waals surface area contributed by atoms with Gasteiger partial charge >= 0.3 is 0 Å². The Hall–Kier alpha value is -2.77. The molecule has 0 unspecified atom stereocenters. The first-order valence-electron chi connectivity index (χ1n) is 12.1. The van der Waals surface area contributed by atoms with E-state index in [2.05, 4.69) is 53.0 Å². The Morgan fingerprint density at radius 1 is 1.03 bits per heavy atom. The Labute approximate surface area is 216 Å². The van der Waals surface area contributed by atoms with Crippen LogP contribution in [-0.2, 0) is 12.3 Å². The van der Waals surface area contributed by atoms with Crippen LogP contribution in [0.4, 0.5) is 0 Å². The zero-order valence-corrected chi connectivity index (χ0v) is 22.0. The number of hydrogen-bond acceptors (Lipinski definition) is 5. The lowest BCUT2D eigenvalue weighted by Crippen LogP contribution is -2.24. The summed E-state index contributed by atoms with van der Waals surface area (Å²) in [5, 5.41) is 3.97. The summed E-state index contributed by atoms with van der Waals surface area (Å²) in [5.41, 5.74) is 6.14. The van der Waals surface area contributed by atoms with Crippen molar-refractivity contribution < 1.29 is 4.79 Å². The summed E-state index contributed by atoms with van der Waals surface area (Å²) in [6.07, 6.45) is 4.02. The molecule has 0 fully saturated rings. The smallest absolute Gasteiger partial charge is 0.251 e. The van der Waals surface area contributed by atoms with Gasteiger partial charge < -0.3 is 5.32 Å². The van der Waals surface area contributed by atoms with E-state index in [9.17, 15) is 4.79 Å². The van der Waals surface area contributed by atoms with Crippen molar-refractivity contribution in [2.75, 3.05) is 18.1 Å². The number of thioether (sulfide) groups is 2. The molecule has 1 N–H and O–H groups in total. The molecule has 0 saturated heterocycles. The molecule has 0 atom stereocenters. The second-order valence-corrected chi connectivity index (χ2v) is 10.7. The lowest BCUT2D eigenvalue weighted by Gasteiger charge is -2.10. The average molecular weight is 505 g/mol. The molecule has 2 heterocycles. The van der Waals surface area contributed by atoms with E-state index in [0.29, 0.717) is 5.56 Å². The van der Waals surface area contributed by atoms with Gasteiger partial charge in [-0.15, -0.1) is 0 Å². The summed E-state index contributed by atoms with van der Waals surface area (Å²) in [6, 6.07) is 20.4. The number of nitrogens with one attached hydrogen (secondary N) is 1. The van der Waals surface area contributed by atoms with Gasteiger partial charge in [0.1, 0.15) is 5.52 Å². The predicted molar refractivity (Wildman–Crippen MR) is 148 cm³/mol. The van der Waals surface area contributed by atoms with Crippen LogP contribution in [0.3, 0.4) is 0 Å². The Morgan fingerprint density at radius 3 is 2.69 bits per heavy atom. The van der Waals surface area contributed by atoms with Crippen molar-refractivity contribution in [3.63, 3.8) is 0 Å². The van der Waals surface area contributed by atoms with E-state index in [1.807, 2.05) is 54.4 Å². The maximum absolute atomic E-state index is 12.4. The van der Waals surface area contributed by atoms with E-state index in [-0.39, 0.29) is 5.91 Å². The number of aromatic nitrogens is 3. The lowest BCUT2D eigenvalue weighted by atomic mass is 10.1. The number of amides is 1. The predicted octanol–water partition coefficient (Wildman–Crippen LogP) is 6.34. The third-order valence-electron chi connectivity index (χ3n) is 5.58. The van der Waals surface area contributed by atoms with Gasteiger partial charge in [-0.25, -0.2) is 9.97 Å². The zero-order valence-electron chi connectivity index (χ0n) is 20.4. The van der Waals surface area contributed by atoms with Gasteiger partial charge in [-0.3, -0.25) is 9.36 Å². The van der Waals surface area contributed by atoms with Crippen LogP contribution in [0.25, 0.3) is 11.2 Å². The second kappa shape index (κ2) is 12.8. The van der Waals surface area contributed by atoms with Crippen LogP contribution in [0.2, 0.25) is 0 Å². The SMILES string of the molecule is CCCSCCCNC(=O)c1ccc(CSc2nc3cccnc3n2Cc2cccc(C)c2)cc1. The normalized spacial score (nSPS) is 11.1.